The molecule has 3 aromatic heterocycles. The van der Waals surface area contributed by atoms with Gasteiger partial charge in [0.05, 0.1) is 18.1 Å². The maximum absolute atomic E-state index is 5.64. The van der Waals surface area contributed by atoms with Gasteiger partial charge in [-0.1, -0.05) is 0 Å². The Bertz CT molecular complexity index is 691. The standard InChI is InChI=1S/C10H9BrN6S/c11-5-1-6(18-4-5)2-13-8-7-3-14-17-9(7)16-10(12)15-8/h1,3-4H,2H2,(H4,12,13,14,15,16,17). The zero-order chi connectivity index (χ0) is 12.5. The number of anilines is 2. The zero-order valence-electron chi connectivity index (χ0n) is 9.14. The summed E-state index contributed by atoms with van der Waals surface area (Å²) < 4.78 is 1.08. The first-order valence-corrected chi connectivity index (χ1v) is 6.83. The second-order valence-electron chi connectivity index (χ2n) is 3.65. The predicted octanol–water partition coefficient (Wildman–Crippen LogP) is 2.37. The smallest absolute Gasteiger partial charge is 0.224 e. The third-order valence-electron chi connectivity index (χ3n) is 2.38. The highest BCUT2D eigenvalue weighted by molar-refractivity contribution is 9.10. The van der Waals surface area contributed by atoms with Crippen LogP contribution in [-0.4, -0.2) is 20.2 Å². The number of rotatable bonds is 3. The molecule has 0 saturated heterocycles. The van der Waals surface area contributed by atoms with E-state index in [9.17, 15) is 0 Å². The molecule has 18 heavy (non-hydrogen) atoms. The van der Waals surface area contributed by atoms with Gasteiger partial charge in [0.25, 0.3) is 0 Å². The predicted molar refractivity (Wildman–Crippen MR) is 75.4 cm³/mol. The van der Waals surface area contributed by atoms with Crippen LogP contribution in [0, 0.1) is 0 Å². The molecule has 0 atom stereocenters. The molecule has 4 N–H and O–H groups in total. The van der Waals surface area contributed by atoms with Gasteiger partial charge in [0, 0.05) is 14.7 Å². The van der Waals surface area contributed by atoms with Crippen molar-refractivity contribution in [1.82, 2.24) is 20.2 Å². The quantitative estimate of drug-likeness (QED) is 0.687. The highest BCUT2D eigenvalue weighted by atomic mass is 79.9. The van der Waals surface area contributed by atoms with Crippen LogP contribution in [0.4, 0.5) is 11.8 Å². The van der Waals surface area contributed by atoms with Crippen LogP contribution in [0.5, 0.6) is 0 Å². The molecule has 0 aliphatic carbocycles. The molecule has 0 bridgehead atoms. The highest BCUT2D eigenvalue weighted by Crippen LogP contribution is 2.23. The molecule has 0 fully saturated rings. The average Bonchev–Trinajstić information content (AvgIpc) is 2.94. The molecule has 0 radical (unpaired) electrons. The number of nitrogen functional groups attached to an aromatic ring is 1. The molecule has 0 amide bonds. The zero-order valence-corrected chi connectivity index (χ0v) is 11.5. The van der Waals surface area contributed by atoms with E-state index in [1.807, 2.05) is 5.38 Å². The lowest BCUT2D eigenvalue weighted by atomic mass is 10.4. The van der Waals surface area contributed by atoms with Crippen molar-refractivity contribution in [3.8, 4) is 0 Å². The van der Waals surface area contributed by atoms with E-state index >= 15 is 0 Å². The number of aromatic nitrogens is 4. The van der Waals surface area contributed by atoms with Gasteiger partial charge in [-0.15, -0.1) is 11.3 Å². The lowest BCUT2D eigenvalue weighted by Gasteiger charge is -2.05. The molecule has 0 saturated carbocycles. The minimum absolute atomic E-state index is 0.224. The molecule has 0 spiro atoms. The normalized spacial score (nSPS) is 10.9. The summed E-state index contributed by atoms with van der Waals surface area (Å²) in [5, 5.41) is 12.8. The van der Waals surface area contributed by atoms with Crippen LogP contribution in [-0.2, 0) is 6.54 Å². The molecule has 0 aromatic carbocycles. The van der Waals surface area contributed by atoms with Crippen molar-refractivity contribution >= 4 is 50.1 Å². The average molecular weight is 325 g/mol. The van der Waals surface area contributed by atoms with E-state index in [0.29, 0.717) is 18.0 Å². The van der Waals surface area contributed by atoms with Crippen LogP contribution in [0.3, 0.4) is 0 Å². The van der Waals surface area contributed by atoms with Crippen LogP contribution < -0.4 is 11.1 Å². The first-order valence-electron chi connectivity index (χ1n) is 5.16. The summed E-state index contributed by atoms with van der Waals surface area (Å²) in [4.78, 5) is 9.45. The molecule has 3 aromatic rings. The van der Waals surface area contributed by atoms with Crippen LogP contribution in [0.2, 0.25) is 0 Å². The largest absolute Gasteiger partial charge is 0.368 e. The number of fused-ring (bicyclic) bond motifs is 1. The molecular formula is C10H9BrN6S. The Kier molecular flexibility index (Phi) is 2.88. The van der Waals surface area contributed by atoms with E-state index in [-0.39, 0.29) is 5.95 Å². The molecule has 6 nitrogen and oxygen atoms in total. The SMILES string of the molecule is Nc1nc(NCc2cc(Br)cs2)c2cn[nH]c2n1. The second kappa shape index (κ2) is 4.54. The van der Waals surface area contributed by atoms with E-state index in [0.717, 1.165) is 9.86 Å². The van der Waals surface area contributed by atoms with Gasteiger partial charge in [0.15, 0.2) is 5.65 Å². The van der Waals surface area contributed by atoms with Crippen LogP contribution in [0.1, 0.15) is 4.88 Å². The van der Waals surface area contributed by atoms with E-state index < -0.39 is 0 Å². The number of nitrogens with zero attached hydrogens (tertiary/aromatic N) is 3. The van der Waals surface area contributed by atoms with Gasteiger partial charge in [-0.25, -0.2) is 0 Å². The fourth-order valence-corrected chi connectivity index (χ4v) is 3.00. The summed E-state index contributed by atoms with van der Waals surface area (Å²) in [5.41, 5.74) is 6.28. The van der Waals surface area contributed by atoms with Crippen molar-refractivity contribution < 1.29 is 0 Å². The Morgan fingerprint density at radius 2 is 2.33 bits per heavy atom. The summed E-state index contributed by atoms with van der Waals surface area (Å²) in [6.45, 7) is 0.688. The Labute approximate surface area is 115 Å². The number of hydrogen-bond acceptors (Lipinski definition) is 6. The van der Waals surface area contributed by atoms with Crippen molar-refractivity contribution in [2.24, 2.45) is 0 Å². The maximum Gasteiger partial charge on any atom is 0.224 e. The van der Waals surface area contributed by atoms with E-state index in [4.69, 9.17) is 5.73 Å². The van der Waals surface area contributed by atoms with Crippen molar-refractivity contribution in [3.63, 3.8) is 0 Å². The third-order valence-corrected chi connectivity index (χ3v) is 4.08. The fraction of sp³-hybridized carbons (Fsp3) is 0.100. The Morgan fingerprint density at radius 1 is 1.44 bits per heavy atom. The Morgan fingerprint density at radius 3 is 3.11 bits per heavy atom. The van der Waals surface area contributed by atoms with Crippen molar-refractivity contribution in [1.29, 1.82) is 0 Å². The summed E-state index contributed by atoms with van der Waals surface area (Å²) in [6.07, 6.45) is 1.68. The molecule has 92 valence electrons. The highest BCUT2D eigenvalue weighted by Gasteiger charge is 2.08. The van der Waals surface area contributed by atoms with E-state index in [2.05, 4.69) is 47.5 Å². The molecule has 0 unspecified atom stereocenters. The molecule has 0 aliphatic rings. The summed E-state index contributed by atoms with van der Waals surface area (Å²) in [6, 6.07) is 2.06. The van der Waals surface area contributed by atoms with Gasteiger partial charge in [-0.2, -0.15) is 15.1 Å². The summed E-state index contributed by atoms with van der Waals surface area (Å²) in [5.74, 6) is 0.914. The van der Waals surface area contributed by atoms with Gasteiger partial charge >= 0.3 is 0 Å². The maximum atomic E-state index is 5.64. The van der Waals surface area contributed by atoms with Gasteiger partial charge in [0.1, 0.15) is 5.82 Å². The molecule has 8 heteroatoms. The minimum Gasteiger partial charge on any atom is -0.368 e. The molecular weight excluding hydrogens is 316 g/mol. The number of nitrogens with one attached hydrogen (secondary N) is 2. The second-order valence-corrected chi connectivity index (χ2v) is 5.56. The van der Waals surface area contributed by atoms with Crippen LogP contribution in [0.15, 0.2) is 22.1 Å². The van der Waals surface area contributed by atoms with E-state index in [1.54, 1.807) is 17.5 Å². The number of hydrogen-bond donors (Lipinski definition) is 3. The Hall–Kier alpha value is -1.67. The number of H-pyrrole nitrogens is 1. The fourth-order valence-electron chi connectivity index (χ4n) is 1.60. The third kappa shape index (κ3) is 2.16. The lowest BCUT2D eigenvalue weighted by Crippen LogP contribution is -2.04. The monoisotopic (exact) mass is 324 g/mol. The topological polar surface area (TPSA) is 92.5 Å². The number of aromatic amines is 1. The van der Waals surface area contributed by atoms with Gasteiger partial charge < -0.3 is 11.1 Å². The minimum atomic E-state index is 0.224. The summed E-state index contributed by atoms with van der Waals surface area (Å²) >= 11 is 5.10. The lowest BCUT2D eigenvalue weighted by molar-refractivity contribution is 1.09. The van der Waals surface area contributed by atoms with Crippen LogP contribution >= 0.6 is 27.3 Å². The number of nitrogens with two attached hydrogens (primary N) is 1. The van der Waals surface area contributed by atoms with Crippen molar-refractivity contribution in [2.75, 3.05) is 11.1 Å². The van der Waals surface area contributed by atoms with Gasteiger partial charge in [-0.05, 0) is 22.0 Å². The van der Waals surface area contributed by atoms with Crippen LogP contribution in [0.25, 0.3) is 11.0 Å². The van der Waals surface area contributed by atoms with Gasteiger partial charge in [0.2, 0.25) is 5.95 Å². The van der Waals surface area contributed by atoms with Crippen molar-refractivity contribution in [2.45, 2.75) is 6.54 Å². The van der Waals surface area contributed by atoms with Crippen molar-refractivity contribution in [3.05, 3.63) is 27.0 Å². The number of halogens is 1. The Balaban J connectivity index is 1.87. The van der Waals surface area contributed by atoms with Gasteiger partial charge in [-0.3, -0.25) is 5.10 Å². The number of thiophene rings is 1. The van der Waals surface area contributed by atoms with E-state index in [1.165, 1.54) is 4.88 Å². The molecule has 0 aliphatic heterocycles. The first kappa shape index (κ1) is 11.4. The summed E-state index contributed by atoms with van der Waals surface area (Å²) in [7, 11) is 0. The molecule has 3 rings (SSSR count). The molecule has 3 heterocycles. The first-order chi connectivity index (χ1) is 8.72.